The van der Waals surface area contributed by atoms with E-state index in [0.717, 1.165) is 6.07 Å². The maximum Gasteiger partial charge on any atom is 0.266 e. The van der Waals surface area contributed by atoms with Crippen LogP contribution in [0.5, 0.6) is 0 Å². The molecule has 0 aromatic carbocycles. The number of hydrogen-bond acceptors (Lipinski definition) is 3. The zero-order chi connectivity index (χ0) is 11.4. The van der Waals surface area contributed by atoms with Gasteiger partial charge in [0.05, 0.1) is 18.1 Å². The molecule has 6 heteroatoms. The summed E-state index contributed by atoms with van der Waals surface area (Å²) in [5, 5.41) is 16.9. The molecule has 1 heterocycles. The van der Waals surface area contributed by atoms with Gasteiger partial charge in [-0.3, -0.25) is 0 Å². The summed E-state index contributed by atoms with van der Waals surface area (Å²) in [5.41, 5.74) is -0.697. The summed E-state index contributed by atoms with van der Waals surface area (Å²) in [4.78, 5) is 3.50. The van der Waals surface area contributed by atoms with Gasteiger partial charge in [-0.25, -0.2) is 13.8 Å². The van der Waals surface area contributed by atoms with Crippen molar-refractivity contribution in [1.82, 2.24) is 4.98 Å². The van der Waals surface area contributed by atoms with Gasteiger partial charge in [0.2, 0.25) is 0 Å². The van der Waals surface area contributed by atoms with Gasteiger partial charge in [0, 0.05) is 5.56 Å². The highest BCUT2D eigenvalue weighted by molar-refractivity contribution is 6.30. The lowest BCUT2D eigenvalue weighted by atomic mass is 10.1. The normalized spacial score (nSPS) is 9.73. The van der Waals surface area contributed by atoms with Crippen molar-refractivity contribution in [1.29, 1.82) is 10.5 Å². The first-order valence-electron chi connectivity index (χ1n) is 3.84. The van der Waals surface area contributed by atoms with Crippen LogP contribution in [0.4, 0.5) is 8.78 Å². The monoisotopic (exact) mass is 227 g/mol. The van der Waals surface area contributed by atoms with E-state index in [1.54, 1.807) is 6.07 Å². The fourth-order valence-electron chi connectivity index (χ4n) is 1.02. The van der Waals surface area contributed by atoms with Crippen LogP contribution in [0.25, 0.3) is 0 Å². The standard InChI is InChI=1S/C9H4ClF2N3/c10-8-5(1-2-13)3-6(9(11)12)7(4-14)15-8/h3,9H,1H2. The fourth-order valence-corrected chi connectivity index (χ4v) is 1.22. The summed E-state index contributed by atoms with van der Waals surface area (Å²) in [7, 11) is 0. The summed E-state index contributed by atoms with van der Waals surface area (Å²) >= 11 is 5.61. The molecule has 1 aromatic rings. The number of hydrogen-bond donors (Lipinski definition) is 0. The van der Waals surface area contributed by atoms with Crippen molar-refractivity contribution in [2.24, 2.45) is 0 Å². The molecule has 0 aliphatic heterocycles. The molecule has 0 aliphatic carbocycles. The number of aromatic nitrogens is 1. The summed E-state index contributed by atoms with van der Waals surface area (Å²) in [5.74, 6) is 0. The highest BCUT2D eigenvalue weighted by Crippen LogP contribution is 2.26. The molecule has 0 atom stereocenters. The molecule has 1 aromatic heterocycles. The molecule has 15 heavy (non-hydrogen) atoms. The first kappa shape index (κ1) is 11.4. The van der Waals surface area contributed by atoms with Crippen molar-refractivity contribution in [3.63, 3.8) is 0 Å². The van der Waals surface area contributed by atoms with E-state index in [-0.39, 0.29) is 17.1 Å². The van der Waals surface area contributed by atoms with E-state index in [0.29, 0.717) is 0 Å². The molecule has 0 unspecified atom stereocenters. The van der Waals surface area contributed by atoms with Gasteiger partial charge in [-0.15, -0.1) is 0 Å². The van der Waals surface area contributed by atoms with Crippen LogP contribution in [0, 0.1) is 22.7 Å². The van der Waals surface area contributed by atoms with E-state index in [9.17, 15) is 8.78 Å². The number of alkyl halides is 2. The molecule has 76 valence electrons. The van der Waals surface area contributed by atoms with Gasteiger partial charge < -0.3 is 0 Å². The third-order valence-corrected chi connectivity index (χ3v) is 2.02. The Kier molecular flexibility index (Phi) is 3.54. The van der Waals surface area contributed by atoms with Crippen LogP contribution in [-0.4, -0.2) is 4.98 Å². The zero-order valence-corrected chi connectivity index (χ0v) is 8.09. The Morgan fingerprint density at radius 3 is 2.60 bits per heavy atom. The Balaban J connectivity index is 3.33. The van der Waals surface area contributed by atoms with Crippen LogP contribution in [-0.2, 0) is 6.42 Å². The molecule has 0 amide bonds. The van der Waals surface area contributed by atoms with Crippen LogP contribution in [0.3, 0.4) is 0 Å². The lowest BCUT2D eigenvalue weighted by Gasteiger charge is -2.05. The smallest absolute Gasteiger partial charge is 0.225 e. The molecular formula is C9H4ClF2N3. The molecular weight excluding hydrogens is 224 g/mol. The summed E-state index contributed by atoms with van der Waals surface area (Å²) < 4.78 is 24.9. The van der Waals surface area contributed by atoms with Gasteiger partial charge in [-0.1, -0.05) is 11.6 Å². The lowest BCUT2D eigenvalue weighted by Crippen LogP contribution is -1.99. The van der Waals surface area contributed by atoms with Crippen molar-refractivity contribution in [3.8, 4) is 12.1 Å². The molecule has 1 rings (SSSR count). The largest absolute Gasteiger partial charge is 0.266 e. The van der Waals surface area contributed by atoms with E-state index in [4.69, 9.17) is 22.1 Å². The van der Waals surface area contributed by atoms with Crippen molar-refractivity contribution < 1.29 is 8.78 Å². The van der Waals surface area contributed by atoms with Crippen molar-refractivity contribution >= 4 is 11.6 Å². The predicted molar refractivity (Wildman–Crippen MR) is 48.2 cm³/mol. The Labute approximate surface area is 89.5 Å². The second kappa shape index (κ2) is 4.68. The van der Waals surface area contributed by atoms with Gasteiger partial charge >= 0.3 is 0 Å². The number of halogens is 3. The lowest BCUT2D eigenvalue weighted by molar-refractivity contribution is 0.150. The predicted octanol–water partition coefficient (Wildman–Crippen LogP) is 2.61. The molecule has 0 fully saturated rings. The van der Waals surface area contributed by atoms with Gasteiger partial charge in [-0.2, -0.15) is 10.5 Å². The molecule has 0 radical (unpaired) electrons. The number of rotatable bonds is 2. The minimum absolute atomic E-state index is 0.0856. The second-order valence-corrected chi connectivity index (χ2v) is 2.98. The molecule has 0 bridgehead atoms. The number of nitriles is 2. The quantitative estimate of drug-likeness (QED) is 0.730. The Hall–Kier alpha value is -1.72. The molecule has 0 saturated heterocycles. The third kappa shape index (κ3) is 2.39. The Bertz CT molecular complexity index is 460. The SMILES string of the molecule is N#CCc1cc(C(F)F)c(C#N)nc1Cl. The van der Waals surface area contributed by atoms with E-state index in [1.807, 2.05) is 0 Å². The third-order valence-electron chi connectivity index (χ3n) is 1.69. The topological polar surface area (TPSA) is 60.5 Å². The molecule has 0 aliphatic rings. The average Bonchev–Trinajstić information content (AvgIpc) is 2.20. The minimum atomic E-state index is -2.80. The van der Waals surface area contributed by atoms with Crippen molar-refractivity contribution in [2.45, 2.75) is 12.8 Å². The second-order valence-electron chi connectivity index (χ2n) is 2.62. The molecule has 0 saturated carbocycles. The van der Waals surface area contributed by atoms with Gasteiger partial charge in [0.15, 0.2) is 5.69 Å². The van der Waals surface area contributed by atoms with Crippen LogP contribution in [0.2, 0.25) is 5.15 Å². The minimum Gasteiger partial charge on any atom is -0.225 e. The Morgan fingerprint density at radius 2 is 2.13 bits per heavy atom. The van der Waals surface area contributed by atoms with E-state index in [1.165, 1.54) is 6.07 Å². The maximum atomic E-state index is 12.4. The van der Waals surface area contributed by atoms with Crippen molar-refractivity contribution in [2.75, 3.05) is 0 Å². The van der Waals surface area contributed by atoms with Gasteiger partial charge in [-0.05, 0) is 6.07 Å². The highest BCUT2D eigenvalue weighted by atomic mass is 35.5. The van der Waals surface area contributed by atoms with E-state index in [2.05, 4.69) is 4.98 Å². The van der Waals surface area contributed by atoms with Crippen molar-refractivity contribution in [3.05, 3.63) is 28.0 Å². The van der Waals surface area contributed by atoms with Crippen LogP contribution < -0.4 is 0 Å². The zero-order valence-electron chi connectivity index (χ0n) is 7.34. The first-order chi connectivity index (χ1) is 7.10. The summed E-state index contributed by atoms with van der Waals surface area (Å²) in [6.07, 6.45) is -2.92. The Morgan fingerprint density at radius 1 is 1.47 bits per heavy atom. The summed E-state index contributed by atoms with van der Waals surface area (Å²) in [6, 6.07) is 4.35. The van der Waals surface area contributed by atoms with Gasteiger partial charge in [0.25, 0.3) is 6.43 Å². The molecule has 3 nitrogen and oxygen atoms in total. The first-order valence-corrected chi connectivity index (χ1v) is 4.22. The van der Waals surface area contributed by atoms with E-state index < -0.39 is 17.7 Å². The highest BCUT2D eigenvalue weighted by Gasteiger charge is 2.17. The van der Waals surface area contributed by atoms with Crippen LogP contribution in [0.1, 0.15) is 23.2 Å². The average molecular weight is 228 g/mol. The fraction of sp³-hybridized carbons (Fsp3) is 0.222. The maximum absolute atomic E-state index is 12.4. The van der Waals surface area contributed by atoms with Gasteiger partial charge in [0.1, 0.15) is 11.2 Å². The number of nitrogens with zero attached hydrogens (tertiary/aromatic N) is 3. The van der Waals surface area contributed by atoms with Crippen LogP contribution >= 0.6 is 11.6 Å². The number of pyridine rings is 1. The molecule has 0 spiro atoms. The van der Waals surface area contributed by atoms with Crippen LogP contribution in [0.15, 0.2) is 6.07 Å². The molecule has 0 N–H and O–H groups in total. The summed E-state index contributed by atoms with van der Waals surface area (Å²) in [6.45, 7) is 0. The van der Waals surface area contributed by atoms with E-state index >= 15 is 0 Å².